The minimum atomic E-state index is -0.624. The van der Waals surface area contributed by atoms with Crippen LogP contribution in [0.25, 0.3) is 5.03 Å². The van der Waals surface area contributed by atoms with E-state index in [4.69, 9.17) is 23.2 Å². The molecule has 0 atom stereocenters. The Labute approximate surface area is 104 Å². The molecule has 1 rings (SSSR count). The Bertz CT molecular complexity index is 390. The van der Waals surface area contributed by atoms with Gasteiger partial charge in [0.1, 0.15) is 5.16 Å². The van der Waals surface area contributed by atoms with E-state index in [2.05, 4.69) is 10.1 Å². The van der Waals surface area contributed by atoms with Gasteiger partial charge in [-0.1, -0.05) is 53.5 Å². The number of alkyl carbamates (subject to hydrolysis) is 1. The molecule has 0 spiro atoms. The number of ether oxygens (including phenoxy) is 1. The molecular weight excluding hydrogens is 249 g/mol. The maximum atomic E-state index is 11.1. The van der Waals surface area contributed by atoms with Crippen molar-refractivity contribution in [2.45, 2.75) is 6.92 Å². The topological polar surface area (TPSA) is 38.3 Å². The molecule has 0 bridgehead atoms. The number of rotatable bonds is 3. The molecule has 0 aliphatic rings. The van der Waals surface area contributed by atoms with Crippen LogP contribution in [0, 0.1) is 0 Å². The Morgan fingerprint density at radius 2 is 1.94 bits per heavy atom. The highest BCUT2D eigenvalue weighted by molar-refractivity contribution is 6.54. The number of nitrogens with one attached hydrogen (secondary N) is 1. The fourth-order valence-corrected chi connectivity index (χ4v) is 1.38. The molecule has 0 saturated heterocycles. The average Bonchev–Trinajstić information content (AvgIpc) is 2.29. The maximum Gasteiger partial charge on any atom is 0.412 e. The molecule has 0 radical (unpaired) electrons. The molecule has 86 valence electrons. The van der Waals surface area contributed by atoms with E-state index < -0.39 is 6.09 Å². The van der Waals surface area contributed by atoms with Crippen LogP contribution in [0.2, 0.25) is 0 Å². The van der Waals surface area contributed by atoms with Crippen LogP contribution >= 0.6 is 23.2 Å². The van der Waals surface area contributed by atoms with Crippen molar-refractivity contribution in [3.8, 4) is 0 Å². The largest absolute Gasteiger partial charge is 0.450 e. The van der Waals surface area contributed by atoms with Crippen molar-refractivity contribution < 1.29 is 9.53 Å². The van der Waals surface area contributed by atoms with Crippen LogP contribution in [0.3, 0.4) is 0 Å². The molecule has 0 unspecified atom stereocenters. The lowest BCUT2D eigenvalue weighted by Gasteiger charge is -2.06. The van der Waals surface area contributed by atoms with Crippen molar-refractivity contribution in [1.82, 2.24) is 5.32 Å². The summed E-state index contributed by atoms with van der Waals surface area (Å²) in [6.07, 6.45) is -0.624. The normalized spacial score (nSPS) is 11.7. The van der Waals surface area contributed by atoms with Gasteiger partial charge >= 0.3 is 6.09 Å². The first kappa shape index (κ1) is 12.9. The lowest BCUT2D eigenvalue weighted by Crippen LogP contribution is -2.21. The summed E-state index contributed by atoms with van der Waals surface area (Å²) in [6, 6.07) is 9.09. The van der Waals surface area contributed by atoms with E-state index in [9.17, 15) is 4.79 Å². The van der Waals surface area contributed by atoms with Crippen LogP contribution in [0.15, 0.2) is 35.5 Å². The third-order valence-corrected chi connectivity index (χ3v) is 2.49. The van der Waals surface area contributed by atoms with Crippen molar-refractivity contribution in [1.29, 1.82) is 0 Å². The number of carbonyl (C=O) groups is 1. The molecule has 1 aromatic carbocycles. The standard InChI is InChI=1S/C11H11Cl2NO2/c1-2-16-11(15)14-10(13)9(12)8-6-4-3-5-7-8/h3-7H,2H2,1H3,(H,14,15)/b10-9+. The van der Waals surface area contributed by atoms with Crippen LogP contribution in [0.5, 0.6) is 0 Å². The highest BCUT2D eigenvalue weighted by Crippen LogP contribution is 2.23. The van der Waals surface area contributed by atoms with Gasteiger partial charge in [-0.25, -0.2) is 4.79 Å². The summed E-state index contributed by atoms with van der Waals surface area (Å²) in [5, 5.41) is 2.65. The number of hydrogen-bond donors (Lipinski definition) is 1. The third kappa shape index (κ3) is 3.76. The average molecular weight is 260 g/mol. The summed E-state index contributed by atoms with van der Waals surface area (Å²) in [5.41, 5.74) is 0.728. The number of hydrogen-bond acceptors (Lipinski definition) is 2. The second-order valence-corrected chi connectivity index (χ2v) is 3.60. The number of amides is 1. The molecule has 0 aliphatic carbocycles. The summed E-state index contributed by atoms with van der Waals surface area (Å²) in [7, 11) is 0. The smallest absolute Gasteiger partial charge is 0.412 e. The molecule has 0 aromatic heterocycles. The lowest BCUT2D eigenvalue weighted by molar-refractivity contribution is 0.156. The zero-order valence-electron chi connectivity index (χ0n) is 8.67. The molecule has 16 heavy (non-hydrogen) atoms. The van der Waals surface area contributed by atoms with Gasteiger partial charge in [0.25, 0.3) is 0 Å². The van der Waals surface area contributed by atoms with Gasteiger partial charge in [0.15, 0.2) is 0 Å². The van der Waals surface area contributed by atoms with Crippen LogP contribution in [-0.4, -0.2) is 12.7 Å². The van der Waals surface area contributed by atoms with Crippen LogP contribution in [0.4, 0.5) is 4.79 Å². The number of benzene rings is 1. The Hall–Kier alpha value is -1.19. The minimum absolute atomic E-state index is 0.0475. The van der Waals surface area contributed by atoms with E-state index >= 15 is 0 Å². The summed E-state index contributed by atoms with van der Waals surface area (Å²) in [5.74, 6) is 0. The van der Waals surface area contributed by atoms with E-state index in [1.165, 1.54) is 0 Å². The summed E-state index contributed by atoms with van der Waals surface area (Å²) in [4.78, 5) is 11.1. The van der Waals surface area contributed by atoms with Crippen LogP contribution in [0.1, 0.15) is 12.5 Å². The summed E-state index contributed by atoms with van der Waals surface area (Å²) >= 11 is 11.8. The maximum absolute atomic E-state index is 11.1. The van der Waals surface area contributed by atoms with Crippen LogP contribution < -0.4 is 5.32 Å². The van der Waals surface area contributed by atoms with Gasteiger partial charge in [-0.05, 0) is 12.5 Å². The number of halogens is 2. The zero-order valence-corrected chi connectivity index (χ0v) is 10.2. The SMILES string of the molecule is CCOC(=O)N/C(Cl)=C(/Cl)c1ccccc1. The third-order valence-electron chi connectivity index (χ3n) is 1.71. The molecule has 3 nitrogen and oxygen atoms in total. The van der Waals surface area contributed by atoms with Crippen molar-refractivity contribution >= 4 is 34.3 Å². The molecule has 0 saturated carbocycles. The summed E-state index contributed by atoms with van der Waals surface area (Å²) in [6.45, 7) is 1.98. The van der Waals surface area contributed by atoms with E-state index in [-0.39, 0.29) is 16.8 Å². The van der Waals surface area contributed by atoms with Gasteiger partial charge in [-0.15, -0.1) is 0 Å². The van der Waals surface area contributed by atoms with Crippen molar-refractivity contribution in [3.63, 3.8) is 0 Å². The van der Waals surface area contributed by atoms with Gasteiger partial charge in [0.2, 0.25) is 0 Å². The van der Waals surface area contributed by atoms with Crippen LogP contribution in [-0.2, 0) is 4.74 Å². The summed E-state index contributed by atoms with van der Waals surface area (Å²) < 4.78 is 4.67. The molecule has 5 heteroatoms. The van der Waals surface area contributed by atoms with Crippen molar-refractivity contribution in [2.75, 3.05) is 6.61 Å². The molecule has 0 heterocycles. The molecule has 1 amide bonds. The van der Waals surface area contributed by atoms with E-state index in [1.54, 1.807) is 19.1 Å². The number of carbonyl (C=O) groups excluding carboxylic acids is 1. The van der Waals surface area contributed by atoms with Gasteiger partial charge in [-0.2, -0.15) is 0 Å². The molecule has 1 N–H and O–H groups in total. The Morgan fingerprint density at radius 1 is 1.31 bits per heavy atom. The minimum Gasteiger partial charge on any atom is -0.450 e. The first-order chi connectivity index (χ1) is 7.65. The van der Waals surface area contributed by atoms with Crippen molar-refractivity contribution in [3.05, 3.63) is 41.1 Å². The predicted octanol–water partition coefficient (Wildman–Crippen LogP) is 3.54. The molecule has 1 aromatic rings. The first-order valence-electron chi connectivity index (χ1n) is 4.69. The van der Waals surface area contributed by atoms with E-state index in [0.29, 0.717) is 0 Å². The van der Waals surface area contributed by atoms with Gasteiger partial charge < -0.3 is 4.74 Å². The van der Waals surface area contributed by atoms with Gasteiger partial charge in [-0.3, -0.25) is 5.32 Å². The first-order valence-corrected chi connectivity index (χ1v) is 5.45. The second-order valence-electron chi connectivity index (χ2n) is 2.84. The van der Waals surface area contributed by atoms with Crippen molar-refractivity contribution in [2.24, 2.45) is 0 Å². The van der Waals surface area contributed by atoms with Gasteiger partial charge in [0, 0.05) is 0 Å². The monoisotopic (exact) mass is 259 g/mol. The van der Waals surface area contributed by atoms with E-state index in [0.717, 1.165) is 5.56 Å². The van der Waals surface area contributed by atoms with E-state index in [1.807, 2.05) is 18.2 Å². The Morgan fingerprint density at radius 3 is 2.50 bits per heavy atom. The highest BCUT2D eigenvalue weighted by atomic mass is 35.5. The highest BCUT2D eigenvalue weighted by Gasteiger charge is 2.08. The quantitative estimate of drug-likeness (QED) is 0.844. The Kier molecular flexibility index (Phi) is 5.15. The molecular formula is C11H11Cl2NO2. The molecule has 0 aliphatic heterocycles. The van der Waals surface area contributed by atoms with Gasteiger partial charge in [0.05, 0.1) is 11.6 Å². The Balaban J connectivity index is 2.77. The zero-order chi connectivity index (χ0) is 12.0. The second kappa shape index (κ2) is 6.40. The molecule has 0 fully saturated rings. The predicted molar refractivity (Wildman–Crippen MR) is 65.2 cm³/mol. The fraction of sp³-hybridized carbons (Fsp3) is 0.182. The fourth-order valence-electron chi connectivity index (χ4n) is 1.02. The lowest BCUT2D eigenvalue weighted by atomic mass is 10.2.